The summed E-state index contributed by atoms with van der Waals surface area (Å²) in [6.45, 7) is 9.95. The van der Waals surface area contributed by atoms with E-state index in [4.69, 9.17) is 9.47 Å². The number of hydrogen-bond acceptors (Lipinski definition) is 5. The van der Waals surface area contributed by atoms with Gasteiger partial charge in [-0.05, 0) is 55.8 Å². The zero-order valence-electron chi connectivity index (χ0n) is 16.8. The highest BCUT2D eigenvalue weighted by atomic mass is 32.1. The Morgan fingerprint density at radius 1 is 0.774 bits per heavy atom. The largest absolute Gasteiger partial charge is 0.423 e. The lowest BCUT2D eigenvalue weighted by molar-refractivity contribution is -0.130. The number of halogens is 2. The Balaban J connectivity index is 1.83. The Bertz CT molecular complexity index is 1170. The standard InChI is InChI=1S/C24H18F2O4S/c1-13(2)23(27)29-16-7-5-15(6-8-16)20-9-10-21(31-20)22-18(25)11-17(12-19(22)26)30-24(28)14(3)4/h5-12H,1,3H2,2,4H3. The fraction of sp³-hybridized carbons (Fsp3) is 0.0833. The molecule has 2 aromatic carbocycles. The van der Waals surface area contributed by atoms with Crippen LogP contribution in [-0.2, 0) is 9.59 Å². The Kier molecular flexibility index (Phi) is 6.46. The Morgan fingerprint density at radius 2 is 1.26 bits per heavy atom. The number of benzene rings is 2. The molecule has 0 aliphatic heterocycles. The molecule has 7 heteroatoms. The van der Waals surface area contributed by atoms with E-state index in [2.05, 4.69) is 13.2 Å². The molecule has 0 fully saturated rings. The van der Waals surface area contributed by atoms with Crippen molar-refractivity contribution >= 4 is 23.3 Å². The molecular formula is C24H18F2O4S. The third-order valence-electron chi connectivity index (χ3n) is 4.12. The molecule has 0 unspecified atom stereocenters. The first kappa shape index (κ1) is 22.1. The van der Waals surface area contributed by atoms with Gasteiger partial charge in [0.05, 0.1) is 5.56 Å². The molecule has 0 spiro atoms. The summed E-state index contributed by atoms with van der Waals surface area (Å²) in [7, 11) is 0. The summed E-state index contributed by atoms with van der Waals surface area (Å²) < 4.78 is 39.2. The topological polar surface area (TPSA) is 52.6 Å². The predicted octanol–water partition coefficient (Wildman–Crippen LogP) is 6.32. The van der Waals surface area contributed by atoms with Crippen LogP contribution < -0.4 is 9.47 Å². The minimum Gasteiger partial charge on any atom is -0.423 e. The molecule has 4 nitrogen and oxygen atoms in total. The Labute approximate surface area is 182 Å². The van der Waals surface area contributed by atoms with E-state index in [-0.39, 0.29) is 22.5 Å². The highest BCUT2D eigenvalue weighted by Crippen LogP contribution is 2.38. The van der Waals surface area contributed by atoms with Gasteiger partial charge in [-0.1, -0.05) is 13.2 Å². The van der Waals surface area contributed by atoms with E-state index in [1.807, 2.05) is 0 Å². The van der Waals surface area contributed by atoms with Gasteiger partial charge in [0.15, 0.2) is 0 Å². The van der Waals surface area contributed by atoms with Crippen LogP contribution in [0.15, 0.2) is 72.8 Å². The van der Waals surface area contributed by atoms with Gasteiger partial charge < -0.3 is 9.47 Å². The lowest BCUT2D eigenvalue weighted by atomic mass is 10.1. The fourth-order valence-corrected chi connectivity index (χ4v) is 3.61. The van der Waals surface area contributed by atoms with Gasteiger partial charge >= 0.3 is 11.9 Å². The minimum absolute atomic E-state index is 0.119. The zero-order chi connectivity index (χ0) is 22.7. The van der Waals surface area contributed by atoms with Crippen molar-refractivity contribution in [3.05, 3.63) is 84.5 Å². The molecule has 0 saturated heterocycles. The van der Waals surface area contributed by atoms with Crippen molar-refractivity contribution in [1.29, 1.82) is 0 Å². The maximum absolute atomic E-state index is 14.6. The van der Waals surface area contributed by atoms with E-state index < -0.39 is 23.6 Å². The molecule has 31 heavy (non-hydrogen) atoms. The number of thiophene rings is 1. The van der Waals surface area contributed by atoms with Gasteiger partial charge in [-0.15, -0.1) is 11.3 Å². The van der Waals surface area contributed by atoms with Crippen molar-refractivity contribution in [2.24, 2.45) is 0 Å². The van der Waals surface area contributed by atoms with Crippen LogP contribution in [0, 0.1) is 11.6 Å². The molecule has 158 valence electrons. The van der Waals surface area contributed by atoms with Crippen LogP contribution in [0.2, 0.25) is 0 Å². The summed E-state index contributed by atoms with van der Waals surface area (Å²) in [6.07, 6.45) is 0. The van der Waals surface area contributed by atoms with E-state index in [9.17, 15) is 18.4 Å². The molecule has 0 N–H and O–H groups in total. The van der Waals surface area contributed by atoms with E-state index in [1.165, 1.54) is 18.3 Å². The lowest BCUT2D eigenvalue weighted by Crippen LogP contribution is -2.08. The summed E-state index contributed by atoms with van der Waals surface area (Å²) in [5.41, 5.74) is 0.988. The van der Waals surface area contributed by atoms with Crippen LogP contribution in [-0.4, -0.2) is 11.9 Å². The van der Waals surface area contributed by atoms with Crippen molar-refractivity contribution in [1.82, 2.24) is 0 Å². The Hall–Kier alpha value is -3.58. The highest BCUT2D eigenvalue weighted by molar-refractivity contribution is 7.18. The van der Waals surface area contributed by atoms with Crippen molar-refractivity contribution in [3.8, 4) is 32.4 Å². The van der Waals surface area contributed by atoms with Gasteiger partial charge in [0, 0.05) is 33.0 Å². The molecule has 0 radical (unpaired) electrons. The van der Waals surface area contributed by atoms with Crippen LogP contribution in [0.3, 0.4) is 0 Å². The first-order valence-electron chi connectivity index (χ1n) is 9.10. The first-order chi connectivity index (χ1) is 14.7. The van der Waals surface area contributed by atoms with Crippen LogP contribution >= 0.6 is 11.3 Å². The maximum Gasteiger partial charge on any atom is 0.338 e. The van der Waals surface area contributed by atoms with Crippen molar-refractivity contribution in [2.45, 2.75) is 13.8 Å². The third kappa shape index (κ3) is 5.13. The van der Waals surface area contributed by atoms with E-state index in [0.29, 0.717) is 10.6 Å². The molecule has 0 aliphatic rings. The van der Waals surface area contributed by atoms with Gasteiger partial charge in [0.25, 0.3) is 0 Å². The number of ether oxygens (including phenoxy) is 2. The first-order valence-corrected chi connectivity index (χ1v) is 9.92. The van der Waals surface area contributed by atoms with Crippen LogP contribution in [0.4, 0.5) is 8.78 Å². The predicted molar refractivity (Wildman–Crippen MR) is 116 cm³/mol. The van der Waals surface area contributed by atoms with Crippen LogP contribution in [0.5, 0.6) is 11.5 Å². The minimum atomic E-state index is -0.847. The second-order valence-corrected chi connectivity index (χ2v) is 7.87. The number of esters is 2. The van der Waals surface area contributed by atoms with Gasteiger partial charge in [-0.3, -0.25) is 0 Å². The number of carbonyl (C=O) groups is 2. The average Bonchev–Trinajstić information content (AvgIpc) is 3.17. The SMILES string of the molecule is C=C(C)C(=O)Oc1ccc(-c2ccc(-c3c(F)cc(OC(=O)C(=C)C)cc3F)s2)cc1. The van der Waals surface area contributed by atoms with E-state index in [1.54, 1.807) is 43.3 Å². The third-order valence-corrected chi connectivity index (χ3v) is 5.28. The molecule has 0 aliphatic carbocycles. The monoisotopic (exact) mass is 440 g/mol. The smallest absolute Gasteiger partial charge is 0.338 e. The summed E-state index contributed by atoms with van der Waals surface area (Å²) in [5.74, 6) is -2.84. The molecule has 1 heterocycles. The van der Waals surface area contributed by atoms with Gasteiger partial charge in [0.2, 0.25) is 0 Å². The quantitative estimate of drug-likeness (QED) is 0.256. The zero-order valence-corrected chi connectivity index (χ0v) is 17.6. The van der Waals surface area contributed by atoms with E-state index >= 15 is 0 Å². The molecule has 3 rings (SSSR count). The Morgan fingerprint density at radius 3 is 1.77 bits per heavy atom. The maximum atomic E-state index is 14.6. The fourth-order valence-electron chi connectivity index (χ4n) is 2.55. The number of rotatable bonds is 6. The number of carbonyl (C=O) groups excluding carboxylic acids is 2. The van der Waals surface area contributed by atoms with Crippen LogP contribution in [0.1, 0.15) is 13.8 Å². The highest BCUT2D eigenvalue weighted by Gasteiger charge is 2.18. The summed E-state index contributed by atoms with van der Waals surface area (Å²) in [6, 6.07) is 12.0. The molecular weight excluding hydrogens is 422 g/mol. The molecule has 0 amide bonds. The summed E-state index contributed by atoms with van der Waals surface area (Å²) >= 11 is 1.19. The molecule has 0 bridgehead atoms. The molecule has 3 aromatic rings. The molecule has 0 atom stereocenters. The molecule has 0 saturated carbocycles. The second kappa shape index (κ2) is 9.06. The van der Waals surface area contributed by atoms with Gasteiger partial charge in [-0.25, -0.2) is 18.4 Å². The van der Waals surface area contributed by atoms with E-state index in [0.717, 1.165) is 22.6 Å². The summed E-state index contributed by atoms with van der Waals surface area (Å²) in [4.78, 5) is 24.3. The van der Waals surface area contributed by atoms with Crippen molar-refractivity contribution in [2.75, 3.05) is 0 Å². The number of hydrogen-bond donors (Lipinski definition) is 0. The van der Waals surface area contributed by atoms with Gasteiger partial charge in [-0.2, -0.15) is 0 Å². The second-order valence-electron chi connectivity index (χ2n) is 6.79. The van der Waals surface area contributed by atoms with Crippen molar-refractivity contribution < 1.29 is 27.8 Å². The van der Waals surface area contributed by atoms with Crippen molar-refractivity contribution in [3.63, 3.8) is 0 Å². The lowest BCUT2D eigenvalue weighted by Gasteiger charge is -2.08. The van der Waals surface area contributed by atoms with Gasteiger partial charge in [0.1, 0.15) is 23.1 Å². The van der Waals surface area contributed by atoms with Crippen LogP contribution in [0.25, 0.3) is 20.9 Å². The average molecular weight is 440 g/mol. The normalized spacial score (nSPS) is 10.5. The summed E-state index contributed by atoms with van der Waals surface area (Å²) in [5, 5.41) is 0. The molecule has 1 aromatic heterocycles.